The van der Waals surface area contributed by atoms with E-state index in [1.807, 2.05) is 30.6 Å². The van der Waals surface area contributed by atoms with Crippen molar-refractivity contribution < 1.29 is 22.7 Å². The maximum atomic E-state index is 13.4. The number of aromatic nitrogens is 2. The Balaban J connectivity index is 1.35. The molecule has 1 N–H and O–H groups in total. The lowest BCUT2D eigenvalue weighted by Crippen LogP contribution is -2.48. The number of halogens is 3. The zero-order valence-electron chi connectivity index (χ0n) is 24.0. The molecule has 1 aromatic carbocycles. The molecule has 2 aromatic heterocycles. The summed E-state index contributed by atoms with van der Waals surface area (Å²) < 4.78 is 45.6. The standard InChI is InChI=1S/C31H38F3N5O2/c1-21-9-14-35-19-24(21)20-39(25-5-7-27(41-4)8-6-25)26-12-17-38(18-13-26)22(2)10-15-37-30(40)29-23(3)36-16-11-28(29)31(32,33)34/h5-9,11,14,16,19,22,26H,10,12-13,15,17-18,20H2,1-4H3,(H,37,40). The van der Waals surface area contributed by atoms with Gasteiger partial charge in [-0.1, -0.05) is 0 Å². The second kappa shape index (κ2) is 13.3. The summed E-state index contributed by atoms with van der Waals surface area (Å²) in [5.41, 5.74) is 2.22. The van der Waals surface area contributed by atoms with Gasteiger partial charge in [0.25, 0.3) is 5.91 Å². The highest BCUT2D eigenvalue weighted by molar-refractivity contribution is 5.96. The Kier molecular flexibility index (Phi) is 9.86. The van der Waals surface area contributed by atoms with Crippen molar-refractivity contribution in [2.24, 2.45) is 0 Å². The van der Waals surface area contributed by atoms with Gasteiger partial charge in [0.1, 0.15) is 5.75 Å². The van der Waals surface area contributed by atoms with E-state index in [2.05, 4.69) is 51.1 Å². The number of methoxy groups -OCH3 is 1. The average Bonchev–Trinajstić information content (AvgIpc) is 2.96. The van der Waals surface area contributed by atoms with Crippen LogP contribution in [-0.2, 0) is 12.7 Å². The molecule has 3 aromatic rings. The minimum absolute atomic E-state index is 0.0651. The van der Waals surface area contributed by atoms with Crippen molar-refractivity contribution in [2.45, 2.75) is 64.8 Å². The third-order valence-electron chi connectivity index (χ3n) is 7.98. The first-order valence-corrected chi connectivity index (χ1v) is 13.9. The van der Waals surface area contributed by atoms with Gasteiger partial charge in [-0.15, -0.1) is 0 Å². The van der Waals surface area contributed by atoms with Crippen LogP contribution in [0.3, 0.4) is 0 Å². The van der Waals surface area contributed by atoms with E-state index in [-0.39, 0.29) is 18.3 Å². The summed E-state index contributed by atoms with van der Waals surface area (Å²) in [5, 5.41) is 2.68. The van der Waals surface area contributed by atoms with Crippen LogP contribution in [0.4, 0.5) is 18.9 Å². The lowest BCUT2D eigenvalue weighted by molar-refractivity contribution is -0.138. The highest BCUT2D eigenvalue weighted by Crippen LogP contribution is 2.33. The summed E-state index contributed by atoms with van der Waals surface area (Å²) in [6.45, 7) is 8.43. The Labute approximate surface area is 239 Å². The van der Waals surface area contributed by atoms with Gasteiger partial charge < -0.3 is 19.9 Å². The highest BCUT2D eigenvalue weighted by atomic mass is 19.4. The number of nitrogens with zero attached hydrogens (tertiary/aromatic N) is 4. The Morgan fingerprint density at radius 2 is 1.83 bits per heavy atom. The zero-order valence-corrected chi connectivity index (χ0v) is 24.0. The number of amides is 1. The molecule has 10 heteroatoms. The number of carbonyl (C=O) groups is 1. The number of piperidine rings is 1. The van der Waals surface area contributed by atoms with E-state index in [9.17, 15) is 18.0 Å². The third-order valence-corrected chi connectivity index (χ3v) is 7.98. The van der Waals surface area contributed by atoms with Crippen LogP contribution < -0.4 is 15.0 Å². The molecule has 0 aliphatic carbocycles. The number of rotatable bonds is 10. The molecule has 3 heterocycles. The van der Waals surface area contributed by atoms with Gasteiger partial charge in [-0.3, -0.25) is 14.8 Å². The first-order chi connectivity index (χ1) is 19.6. The van der Waals surface area contributed by atoms with Gasteiger partial charge in [-0.2, -0.15) is 13.2 Å². The Hall–Kier alpha value is -3.66. The number of hydrogen-bond donors (Lipinski definition) is 1. The predicted molar refractivity (Wildman–Crippen MR) is 153 cm³/mol. The predicted octanol–water partition coefficient (Wildman–Crippen LogP) is 5.80. The van der Waals surface area contributed by atoms with Crippen LogP contribution in [0.15, 0.2) is 55.0 Å². The number of benzene rings is 1. The van der Waals surface area contributed by atoms with Crippen molar-refractivity contribution in [3.05, 3.63) is 82.9 Å². The van der Waals surface area contributed by atoms with Crippen molar-refractivity contribution in [1.82, 2.24) is 20.2 Å². The number of likely N-dealkylation sites (tertiary alicyclic amines) is 1. The lowest BCUT2D eigenvalue weighted by Gasteiger charge is -2.42. The Morgan fingerprint density at radius 3 is 2.46 bits per heavy atom. The van der Waals surface area contributed by atoms with Crippen LogP contribution in [0, 0.1) is 13.8 Å². The van der Waals surface area contributed by atoms with Crippen LogP contribution in [-0.4, -0.2) is 59.6 Å². The van der Waals surface area contributed by atoms with Crippen molar-refractivity contribution in [2.75, 3.05) is 31.6 Å². The molecule has 1 aliphatic rings. The van der Waals surface area contributed by atoms with Gasteiger partial charge in [0.05, 0.1) is 23.9 Å². The first-order valence-electron chi connectivity index (χ1n) is 13.9. The van der Waals surface area contributed by atoms with Crippen molar-refractivity contribution in [1.29, 1.82) is 0 Å². The lowest BCUT2D eigenvalue weighted by atomic mass is 9.99. The molecule has 1 unspecified atom stereocenters. The number of nitrogens with one attached hydrogen (secondary N) is 1. The molecule has 4 rings (SSSR count). The van der Waals surface area contributed by atoms with Gasteiger partial charge >= 0.3 is 6.18 Å². The number of alkyl halides is 3. The molecule has 0 radical (unpaired) electrons. The SMILES string of the molecule is COc1ccc(N(Cc2cnccc2C)C2CCN(C(C)CCNC(=O)c3c(C(F)(F)F)ccnc3C)CC2)cc1. The van der Waals surface area contributed by atoms with E-state index in [0.29, 0.717) is 12.5 Å². The maximum Gasteiger partial charge on any atom is 0.417 e. The van der Waals surface area contributed by atoms with Crippen molar-refractivity contribution >= 4 is 11.6 Å². The van der Waals surface area contributed by atoms with Gasteiger partial charge in [0.15, 0.2) is 0 Å². The molecule has 1 atom stereocenters. The van der Waals surface area contributed by atoms with E-state index in [1.54, 1.807) is 7.11 Å². The molecule has 41 heavy (non-hydrogen) atoms. The monoisotopic (exact) mass is 569 g/mol. The molecule has 1 fully saturated rings. The molecule has 1 amide bonds. The summed E-state index contributed by atoms with van der Waals surface area (Å²) in [4.78, 5) is 25.7. The smallest absolute Gasteiger partial charge is 0.417 e. The van der Waals surface area contributed by atoms with Crippen LogP contribution >= 0.6 is 0 Å². The third kappa shape index (κ3) is 7.55. The maximum absolute atomic E-state index is 13.4. The zero-order chi connectivity index (χ0) is 29.6. The number of anilines is 1. The van der Waals surface area contributed by atoms with Crippen LogP contribution in [0.25, 0.3) is 0 Å². The largest absolute Gasteiger partial charge is 0.497 e. The Morgan fingerprint density at radius 1 is 1.12 bits per heavy atom. The highest BCUT2D eigenvalue weighted by Gasteiger charge is 2.36. The fourth-order valence-electron chi connectivity index (χ4n) is 5.44. The number of aryl methyl sites for hydroxylation is 2. The molecule has 0 bridgehead atoms. The number of pyridine rings is 2. The van der Waals surface area contributed by atoms with Crippen LogP contribution in [0.5, 0.6) is 5.75 Å². The summed E-state index contributed by atoms with van der Waals surface area (Å²) in [7, 11) is 1.66. The number of hydrogen-bond acceptors (Lipinski definition) is 6. The summed E-state index contributed by atoms with van der Waals surface area (Å²) in [6, 6.07) is 11.5. The van der Waals surface area contributed by atoms with E-state index in [1.165, 1.54) is 18.1 Å². The van der Waals surface area contributed by atoms with E-state index in [0.717, 1.165) is 56.2 Å². The second-order valence-corrected chi connectivity index (χ2v) is 10.6. The first kappa shape index (κ1) is 30.3. The average molecular weight is 570 g/mol. The van der Waals surface area contributed by atoms with Gasteiger partial charge in [-0.25, -0.2) is 0 Å². The summed E-state index contributed by atoms with van der Waals surface area (Å²) >= 11 is 0. The van der Waals surface area contributed by atoms with E-state index in [4.69, 9.17) is 4.74 Å². The molecular formula is C31H38F3N5O2. The summed E-state index contributed by atoms with van der Waals surface area (Å²) in [6.07, 6.45) is 2.77. The fraction of sp³-hybridized carbons (Fsp3) is 0.452. The molecule has 0 saturated carbocycles. The quantitative estimate of drug-likeness (QED) is 0.333. The fourth-order valence-corrected chi connectivity index (χ4v) is 5.44. The number of carbonyl (C=O) groups excluding carboxylic acids is 1. The molecular weight excluding hydrogens is 531 g/mol. The van der Waals surface area contributed by atoms with E-state index >= 15 is 0 Å². The number of ether oxygens (including phenoxy) is 1. The van der Waals surface area contributed by atoms with Gasteiger partial charge in [-0.05, 0) is 87.6 Å². The molecule has 1 saturated heterocycles. The molecule has 1 aliphatic heterocycles. The van der Waals surface area contributed by atoms with Crippen LogP contribution in [0.2, 0.25) is 0 Å². The normalized spacial score (nSPS) is 15.4. The van der Waals surface area contributed by atoms with Crippen molar-refractivity contribution in [3.8, 4) is 5.75 Å². The van der Waals surface area contributed by atoms with Gasteiger partial charge in [0, 0.05) is 62.5 Å². The molecule has 220 valence electrons. The Bertz CT molecular complexity index is 1310. The second-order valence-electron chi connectivity index (χ2n) is 10.6. The van der Waals surface area contributed by atoms with Gasteiger partial charge in [0.2, 0.25) is 0 Å². The molecule has 7 nitrogen and oxygen atoms in total. The topological polar surface area (TPSA) is 70.6 Å². The minimum Gasteiger partial charge on any atom is -0.497 e. The molecule has 0 spiro atoms. The minimum atomic E-state index is -4.62. The summed E-state index contributed by atoms with van der Waals surface area (Å²) in [5.74, 6) is 0.0740. The van der Waals surface area contributed by atoms with E-state index < -0.39 is 23.2 Å². The van der Waals surface area contributed by atoms with Crippen LogP contribution in [0.1, 0.15) is 58.9 Å². The van der Waals surface area contributed by atoms with Crippen molar-refractivity contribution in [3.63, 3.8) is 0 Å².